The van der Waals surface area contributed by atoms with Gasteiger partial charge in [0.05, 0.1) is 0 Å². The van der Waals surface area contributed by atoms with Crippen molar-refractivity contribution in [3.8, 4) is 0 Å². The van der Waals surface area contributed by atoms with Crippen LogP contribution >= 0.6 is 0 Å². The molecule has 29 heavy (non-hydrogen) atoms. The first-order chi connectivity index (χ1) is 14.2. The summed E-state index contributed by atoms with van der Waals surface area (Å²) < 4.78 is 30.0. The maximum Gasteiger partial charge on any atom is 0.191 e. The maximum absolute atomic E-state index is 14.0. The summed E-state index contributed by atoms with van der Waals surface area (Å²) in [6, 6.07) is 9.78. The Hall–Kier alpha value is -3.23. The second-order valence-electron chi connectivity index (χ2n) is 6.94. The molecule has 0 spiro atoms. The van der Waals surface area contributed by atoms with Crippen molar-refractivity contribution in [1.29, 1.82) is 0 Å². The molecule has 0 bridgehead atoms. The predicted molar refractivity (Wildman–Crippen MR) is 108 cm³/mol. The van der Waals surface area contributed by atoms with Gasteiger partial charge in [-0.25, -0.2) is 8.78 Å². The quantitative estimate of drug-likeness (QED) is 0.507. The molecular formula is C20H23F2N7. The lowest BCUT2D eigenvalue weighted by atomic mass is 10.2. The highest BCUT2D eigenvalue weighted by molar-refractivity contribution is 5.80. The Morgan fingerprint density at radius 1 is 1.17 bits per heavy atom. The molecule has 3 heterocycles. The van der Waals surface area contributed by atoms with E-state index in [1.54, 1.807) is 11.9 Å². The van der Waals surface area contributed by atoms with Gasteiger partial charge in [-0.15, -0.1) is 10.2 Å². The number of anilines is 1. The van der Waals surface area contributed by atoms with Gasteiger partial charge >= 0.3 is 0 Å². The number of fused-ring (bicyclic) bond motifs is 1. The molecule has 1 aliphatic rings. The third-order valence-electron chi connectivity index (χ3n) is 5.03. The lowest BCUT2D eigenvalue weighted by Crippen LogP contribution is -2.45. The zero-order valence-corrected chi connectivity index (χ0v) is 16.1. The second-order valence-corrected chi connectivity index (χ2v) is 6.94. The van der Waals surface area contributed by atoms with E-state index in [1.165, 1.54) is 18.2 Å². The van der Waals surface area contributed by atoms with Crippen LogP contribution in [0.4, 0.5) is 14.5 Å². The summed E-state index contributed by atoms with van der Waals surface area (Å²) in [6.07, 6.45) is 3.39. The first-order valence-corrected chi connectivity index (χ1v) is 9.60. The first-order valence-electron chi connectivity index (χ1n) is 9.60. The summed E-state index contributed by atoms with van der Waals surface area (Å²) in [5.74, 6) is 0.452. The molecule has 1 unspecified atom stereocenters. The van der Waals surface area contributed by atoms with Crippen LogP contribution in [-0.2, 0) is 6.42 Å². The van der Waals surface area contributed by atoms with Crippen molar-refractivity contribution in [2.45, 2.75) is 18.9 Å². The molecule has 152 valence electrons. The van der Waals surface area contributed by atoms with Gasteiger partial charge in [-0.3, -0.25) is 9.39 Å². The summed E-state index contributed by atoms with van der Waals surface area (Å²) >= 11 is 0. The van der Waals surface area contributed by atoms with Crippen LogP contribution in [0.5, 0.6) is 0 Å². The number of aromatic nitrogens is 3. The number of hydrogen-bond donors (Lipinski definition) is 2. The SMILES string of the molecule is CN=C(NCCc1nnc2ccccn12)NC1CCN(c2c(F)cccc2F)C1. The number of halogens is 2. The van der Waals surface area contributed by atoms with Crippen LogP contribution in [0.2, 0.25) is 0 Å². The number of nitrogens with zero attached hydrogens (tertiary/aromatic N) is 5. The maximum atomic E-state index is 14.0. The molecule has 0 saturated carbocycles. The number of para-hydroxylation sites is 1. The van der Waals surface area contributed by atoms with Crippen LogP contribution in [0.25, 0.3) is 5.65 Å². The Kier molecular flexibility index (Phi) is 5.55. The van der Waals surface area contributed by atoms with E-state index in [2.05, 4.69) is 25.8 Å². The highest BCUT2D eigenvalue weighted by atomic mass is 19.1. The molecule has 0 radical (unpaired) electrons. The van der Waals surface area contributed by atoms with E-state index in [0.29, 0.717) is 32.0 Å². The minimum absolute atomic E-state index is 0.0402. The number of guanidine groups is 1. The molecule has 1 fully saturated rings. The molecule has 0 amide bonds. The number of aliphatic imine (C=N–C) groups is 1. The van der Waals surface area contributed by atoms with Crippen molar-refractivity contribution >= 4 is 17.3 Å². The average Bonchev–Trinajstić information content (AvgIpc) is 3.34. The molecule has 1 aromatic carbocycles. The molecular weight excluding hydrogens is 376 g/mol. The summed E-state index contributed by atoms with van der Waals surface area (Å²) in [5, 5.41) is 15.0. The first kappa shape index (κ1) is 19.1. The number of nitrogens with one attached hydrogen (secondary N) is 2. The van der Waals surface area contributed by atoms with Crippen LogP contribution in [-0.4, -0.2) is 53.3 Å². The van der Waals surface area contributed by atoms with Crippen LogP contribution in [0, 0.1) is 11.6 Å². The predicted octanol–water partition coefficient (Wildman–Crippen LogP) is 1.99. The van der Waals surface area contributed by atoms with Crippen LogP contribution in [0.1, 0.15) is 12.2 Å². The van der Waals surface area contributed by atoms with Gasteiger partial charge in [-0.1, -0.05) is 12.1 Å². The Balaban J connectivity index is 1.31. The molecule has 0 aliphatic carbocycles. The summed E-state index contributed by atoms with van der Waals surface area (Å²) in [6.45, 7) is 1.72. The van der Waals surface area contributed by atoms with E-state index in [1.807, 2.05) is 28.8 Å². The Morgan fingerprint density at radius 3 is 2.79 bits per heavy atom. The van der Waals surface area contributed by atoms with Gasteiger partial charge in [0.15, 0.2) is 11.6 Å². The second kappa shape index (κ2) is 8.42. The molecule has 1 saturated heterocycles. The Morgan fingerprint density at radius 2 is 2.00 bits per heavy atom. The van der Waals surface area contributed by atoms with E-state index in [-0.39, 0.29) is 11.7 Å². The van der Waals surface area contributed by atoms with E-state index in [0.717, 1.165) is 17.9 Å². The monoisotopic (exact) mass is 399 g/mol. The summed E-state index contributed by atoms with van der Waals surface area (Å²) in [4.78, 5) is 5.98. The van der Waals surface area contributed by atoms with Crippen LogP contribution in [0.3, 0.4) is 0 Å². The molecule has 1 aliphatic heterocycles. The largest absolute Gasteiger partial charge is 0.365 e. The summed E-state index contributed by atoms with van der Waals surface area (Å²) in [5.41, 5.74) is 0.856. The number of rotatable bonds is 5. The number of pyridine rings is 1. The lowest BCUT2D eigenvalue weighted by Gasteiger charge is -2.21. The normalized spacial score (nSPS) is 17.1. The molecule has 3 aromatic rings. The Bertz CT molecular complexity index is 997. The molecule has 9 heteroatoms. The fourth-order valence-electron chi connectivity index (χ4n) is 3.61. The number of benzene rings is 1. The van der Waals surface area contributed by atoms with Crippen molar-refractivity contribution in [3.63, 3.8) is 0 Å². The fourth-order valence-corrected chi connectivity index (χ4v) is 3.61. The fraction of sp³-hybridized carbons (Fsp3) is 0.350. The van der Waals surface area contributed by atoms with Gasteiger partial charge in [-0.05, 0) is 30.7 Å². The van der Waals surface area contributed by atoms with Crippen molar-refractivity contribution in [1.82, 2.24) is 25.2 Å². The zero-order valence-electron chi connectivity index (χ0n) is 16.1. The zero-order chi connectivity index (χ0) is 20.2. The molecule has 7 nitrogen and oxygen atoms in total. The van der Waals surface area contributed by atoms with Gasteiger partial charge in [0.25, 0.3) is 0 Å². The third kappa shape index (κ3) is 4.13. The topological polar surface area (TPSA) is 69.8 Å². The highest BCUT2D eigenvalue weighted by Crippen LogP contribution is 2.26. The van der Waals surface area contributed by atoms with Gasteiger partial charge in [0, 0.05) is 45.3 Å². The molecule has 4 rings (SSSR count). The minimum atomic E-state index is -0.534. The standard InChI is InChI=1S/C20H23F2N7/c1-23-20(24-10-8-18-27-26-17-7-2-3-11-29(17)18)25-14-9-12-28(13-14)19-15(21)5-4-6-16(19)22/h2-7,11,14H,8-10,12-13H2,1H3,(H2,23,24,25). The lowest BCUT2D eigenvalue weighted by molar-refractivity contribution is 0.576. The summed E-state index contributed by atoms with van der Waals surface area (Å²) in [7, 11) is 1.70. The van der Waals surface area contributed by atoms with E-state index >= 15 is 0 Å². The third-order valence-corrected chi connectivity index (χ3v) is 5.03. The highest BCUT2D eigenvalue weighted by Gasteiger charge is 2.27. The van der Waals surface area contributed by atoms with E-state index < -0.39 is 11.6 Å². The van der Waals surface area contributed by atoms with Gasteiger partial charge in [0.1, 0.15) is 23.1 Å². The molecule has 2 N–H and O–H groups in total. The van der Waals surface area contributed by atoms with Crippen molar-refractivity contribution in [2.24, 2.45) is 4.99 Å². The van der Waals surface area contributed by atoms with Crippen LogP contribution < -0.4 is 15.5 Å². The van der Waals surface area contributed by atoms with E-state index in [4.69, 9.17) is 0 Å². The van der Waals surface area contributed by atoms with Crippen LogP contribution in [0.15, 0.2) is 47.6 Å². The minimum Gasteiger partial charge on any atom is -0.365 e. The van der Waals surface area contributed by atoms with Gasteiger partial charge in [0.2, 0.25) is 0 Å². The van der Waals surface area contributed by atoms with Crippen molar-refractivity contribution in [2.75, 3.05) is 31.6 Å². The van der Waals surface area contributed by atoms with Crippen molar-refractivity contribution in [3.05, 3.63) is 60.1 Å². The Labute approximate surface area is 167 Å². The van der Waals surface area contributed by atoms with Gasteiger partial charge < -0.3 is 15.5 Å². The smallest absolute Gasteiger partial charge is 0.191 e. The van der Waals surface area contributed by atoms with Gasteiger partial charge in [-0.2, -0.15) is 0 Å². The average molecular weight is 399 g/mol. The number of hydrogen-bond acceptors (Lipinski definition) is 4. The van der Waals surface area contributed by atoms with Crippen molar-refractivity contribution < 1.29 is 8.78 Å². The van der Waals surface area contributed by atoms with E-state index in [9.17, 15) is 8.78 Å². The molecule has 1 atom stereocenters. The molecule has 2 aromatic heterocycles.